The number of furan rings is 1. The first-order valence-corrected chi connectivity index (χ1v) is 7.64. The summed E-state index contributed by atoms with van der Waals surface area (Å²) in [5, 5.41) is 10.0. The molecular formula is C16H16N2O3S. The van der Waals surface area contributed by atoms with E-state index in [0.717, 1.165) is 16.8 Å². The molecule has 0 saturated heterocycles. The summed E-state index contributed by atoms with van der Waals surface area (Å²) in [7, 11) is 1.31. The number of ether oxygens (including phenoxy) is 1. The molecule has 0 atom stereocenters. The molecule has 0 aromatic carbocycles. The Bertz CT molecular complexity index is 759. The van der Waals surface area contributed by atoms with Crippen molar-refractivity contribution in [2.24, 2.45) is 0 Å². The lowest BCUT2D eigenvalue weighted by molar-refractivity contribution is 0.0563. The Hall–Kier alpha value is -2.26. The van der Waals surface area contributed by atoms with Crippen LogP contribution < -0.4 is 0 Å². The number of hydrogen-bond acceptors (Lipinski definition) is 6. The van der Waals surface area contributed by atoms with Crippen LogP contribution >= 0.6 is 11.8 Å². The number of hydrogen-bond donors (Lipinski definition) is 0. The molecule has 2 aromatic heterocycles. The van der Waals surface area contributed by atoms with Gasteiger partial charge in [-0.05, 0) is 44.0 Å². The van der Waals surface area contributed by atoms with E-state index in [9.17, 15) is 10.1 Å². The SMILES string of the molecule is COC(=O)c1ccc(CSc2nc(C)c(C)c(C)c2C#N)o1. The highest BCUT2D eigenvalue weighted by molar-refractivity contribution is 7.98. The highest BCUT2D eigenvalue weighted by Crippen LogP contribution is 2.29. The van der Waals surface area contributed by atoms with Crippen LogP contribution in [-0.4, -0.2) is 18.1 Å². The lowest BCUT2D eigenvalue weighted by Crippen LogP contribution is -1.99. The molecular weight excluding hydrogens is 300 g/mol. The molecule has 0 aliphatic heterocycles. The molecule has 2 heterocycles. The van der Waals surface area contributed by atoms with E-state index in [4.69, 9.17) is 4.42 Å². The maximum absolute atomic E-state index is 11.4. The van der Waals surface area contributed by atoms with Gasteiger partial charge in [0.2, 0.25) is 5.76 Å². The fourth-order valence-electron chi connectivity index (χ4n) is 1.95. The largest absolute Gasteiger partial charge is 0.463 e. The van der Waals surface area contributed by atoms with Gasteiger partial charge in [0, 0.05) is 5.69 Å². The zero-order valence-electron chi connectivity index (χ0n) is 12.9. The zero-order valence-corrected chi connectivity index (χ0v) is 13.7. The standard InChI is InChI=1S/C16H16N2O3S/c1-9-10(2)13(7-17)15(18-11(9)3)22-8-12-5-6-14(21-12)16(19)20-4/h5-6H,8H2,1-4H3. The first-order chi connectivity index (χ1) is 10.5. The van der Waals surface area contributed by atoms with Crippen molar-refractivity contribution in [1.82, 2.24) is 4.98 Å². The van der Waals surface area contributed by atoms with Crippen molar-refractivity contribution in [1.29, 1.82) is 5.26 Å². The molecule has 0 radical (unpaired) electrons. The molecule has 2 rings (SSSR count). The highest BCUT2D eigenvalue weighted by atomic mass is 32.2. The topological polar surface area (TPSA) is 76.1 Å². The summed E-state index contributed by atoms with van der Waals surface area (Å²) in [5.74, 6) is 0.782. The molecule has 0 aliphatic rings. The van der Waals surface area contributed by atoms with Gasteiger partial charge in [-0.2, -0.15) is 5.26 Å². The number of esters is 1. The third kappa shape index (κ3) is 3.15. The number of aromatic nitrogens is 1. The van der Waals surface area contributed by atoms with Crippen LogP contribution in [-0.2, 0) is 10.5 Å². The van der Waals surface area contributed by atoms with Crippen molar-refractivity contribution >= 4 is 17.7 Å². The minimum atomic E-state index is -0.505. The van der Waals surface area contributed by atoms with Crippen LogP contribution in [0.3, 0.4) is 0 Å². The maximum Gasteiger partial charge on any atom is 0.373 e. The Morgan fingerprint density at radius 2 is 2.09 bits per heavy atom. The summed E-state index contributed by atoms with van der Waals surface area (Å²) in [5.41, 5.74) is 3.49. The Labute approximate surface area is 133 Å². The average Bonchev–Trinajstić information content (AvgIpc) is 2.99. The zero-order chi connectivity index (χ0) is 16.3. The maximum atomic E-state index is 11.4. The molecule has 0 unspecified atom stereocenters. The molecule has 22 heavy (non-hydrogen) atoms. The third-order valence-corrected chi connectivity index (χ3v) is 4.47. The van der Waals surface area contributed by atoms with Gasteiger partial charge in [-0.1, -0.05) is 11.8 Å². The molecule has 5 nitrogen and oxygen atoms in total. The second-order valence-electron chi connectivity index (χ2n) is 4.79. The predicted octanol–water partition coefficient (Wildman–Crippen LogP) is 3.55. The van der Waals surface area contributed by atoms with Gasteiger partial charge in [0.05, 0.1) is 18.4 Å². The van der Waals surface area contributed by atoms with E-state index in [2.05, 4.69) is 15.8 Å². The lowest BCUT2D eigenvalue weighted by atomic mass is 10.1. The van der Waals surface area contributed by atoms with Crippen LogP contribution in [0.25, 0.3) is 0 Å². The van der Waals surface area contributed by atoms with Gasteiger partial charge < -0.3 is 9.15 Å². The summed E-state index contributed by atoms with van der Waals surface area (Å²) in [6, 6.07) is 5.51. The number of carbonyl (C=O) groups is 1. The summed E-state index contributed by atoms with van der Waals surface area (Å²) >= 11 is 1.41. The number of nitrogens with zero attached hydrogens (tertiary/aromatic N) is 2. The molecule has 0 fully saturated rings. The first kappa shape index (κ1) is 16.1. The van der Waals surface area contributed by atoms with E-state index < -0.39 is 5.97 Å². The van der Waals surface area contributed by atoms with Crippen molar-refractivity contribution in [2.75, 3.05) is 7.11 Å². The molecule has 0 amide bonds. The molecule has 0 bridgehead atoms. The van der Waals surface area contributed by atoms with Crippen LogP contribution in [0.2, 0.25) is 0 Å². The summed E-state index contributed by atoms with van der Waals surface area (Å²) in [6.45, 7) is 5.81. The number of carbonyl (C=O) groups excluding carboxylic acids is 1. The monoisotopic (exact) mass is 316 g/mol. The van der Waals surface area contributed by atoms with Gasteiger partial charge in [0.25, 0.3) is 0 Å². The van der Waals surface area contributed by atoms with E-state index >= 15 is 0 Å². The molecule has 2 aromatic rings. The summed E-state index contributed by atoms with van der Waals surface area (Å²) in [4.78, 5) is 15.8. The number of methoxy groups -OCH3 is 1. The molecule has 0 N–H and O–H groups in total. The molecule has 0 aliphatic carbocycles. The first-order valence-electron chi connectivity index (χ1n) is 6.65. The minimum Gasteiger partial charge on any atom is -0.463 e. The van der Waals surface area contributed by atoms with Crippen molar-refractivity contribution in [3.05, 3.63) is 46.0 Å². The number of nitriles is 1. The van der Waals surface area contributed by atoms with E-state index in [-0.39, 0.29) is 5.76 Å². The normalized spacial score (nSPS) is 10.3. The van der Waals surface area contributed by atoms with Crippen LogP contribution in [0, 0.1) is 32.1 Å². The Morgan fingerprint density at radius 1 is 1.36 bits per heavy atom. The Balaban J connectivity index is 2.20. The third-order valence-electron chi connectivity index (χ3n) is 3.47. The van der Waals surface area contributed by atoms with E-state index in [1.165, 1.54) is 18.9 Å². The lowest BCUT2D eigenvalue weighted by Gasteiger charge is -2.10. The van der Waals surface area contributed by atoms with Crippen LogP contribution in [0.15, 0.2) is 21.6 Å². The van der Waals surface area contributed by atoms with E-state index in [0.29, 0.717) is 22.1 Å². The molecule has 0 spiro atoms. The van der Waals surface area contributed by atoms with Gasteiger partial charge in [0.15, 0.2) is 0 Å². The quantitative estimate of drug-likeness (QED) is 0.634. The van der Waals surface area contributed by atoms with Gasteiger partial charge in [0.1, 0.15) is 16.9 Å². The van der Waals surface area contributed by atoms with Crippen molar-refractivity contribution in [2.45, 2.75) is 31.6 Å². The second-order valence-corrected chi connectivity index (χ2v) is 5.75. The summed E-state index contributed by atoms with van der Waals surface area (Å²) < 4.78 is 10.0. The molecule has 6 heteroatoms. The van der Waals surface area contributed by atoms with Crippen molar-refractivity contribution in [3.63, 3.8) is 0 Å². The smallest absolute Gasteiger partial charge is 0.373 e. The van der Waals surface area contributed by atoms with Crippen LogP contribution in [0.4, 0.5) is 0 Å². The molecule has 114 valence electrons. The fraction of sp³-hybridized carbons (Fsp3) is 0.312. The van der Waals surface area contributed by atoms with Crippen LogP contribution in [0.1, 0.15) is 38.7 Å². The van der Waals surface area contributed by atoms with Crippen LogP contribution in [0.5, 0.6) is 0 Å². The van der Waals surface area contributed by atoms with Crippen molar-refractivity contribution in [3.8, 4) is 6.07 Å². The fourth-order valence-corrected chi connectivity index (χ4v) is 2.93. The predicted molar refractivity (Wildman–Crippen MR) is 82.8 cm³/mol. The van der Waals surface area contributed by atoms with Gasteiger partial charge in [-0.3, -0.25) is 0 Å². The Kier molecular flexibility index (Phi) is 4.88. The van der Waals surface area contributed by atoms with Gasteiger partial charge in [-0.15, -0.1) is 0 Å². The molecule has 0 saturated carbocycles. The van der Waals surface area contributed by atoms with E-state index in [1.807, 2.05) is 20.8 Å². The summed E-state index contributed by atoms with van der Waals surface area (Å²) in [6.07, 6.45) is 0. The highest BCUT2D eigenvalue weighted by Gasteiger charge is 2.15. The number of thioether (sulfide) groups is 1. The average molecular weight is 316 g/mol. The number of rotatable bonds is 4. The Morgan fingerprint density at radius 3 is 2.73 bits per heavy atom. The van der Waals surface area contributed by atoms with Gasteiger partial charge >= 0.3 is 5.97 Å². The number of aryl methyl sites for hydroxylation is 1. The number of pyridine rings is 1. The van der Waals surface area contributed by atoms with Crippen molar-refractivity contribution < 1.29 is 13.9 Å². The van der Waals surface area contributed by atoms with E-state index in [1.54, 1.807) is 12.1 Å². The minimum absolute atomic E-state index is 0.169. The second kappa shape index (κ2) is 6.67. The van der Waals surface area contributed by atoms with Gasteiger partial charge in [-0.25, -0.2) is 9.78 Å².